The molecule has 0 bridgehead atoms. The molecule has 1 amide bonds. The van der Waals surface area contributed by atoms with E-state index in [1.54, 1.807) is 49.4 Å². The molecular formula is C19H14Br2N4O3. The molecule has 1 aromatic heterocycles. The Morgan fingerprint density at radius 3 is 2.61 bits per heavy atom. The maximum atomic E-state index is 12.4. The van der Waals surface area contributed by atoms with Crippen LogP contribution in [0.4, 0.5) is 0 Å². The number of hydrogen-bond donors (Lipinski definition) is 2. The zero-order valence-corrected chi connectivity index (χ0v) is 17.7. The molecule has 2 N–H and O–H groups in total. The first-order chi connectivity index (χ1) is 13.4. The maximum Gasteiger partial charge on any atom is 0.343 e. The molecule has 0 aliphatic carbocycles. The Morgan fingerprint density at radius 2 is 1.93 bits per heavy atom. The molecule has 0 fully saturated rings. The SMILES string of the molecule is Cc1cc(C(=O)N/N=C\c2cc(Br)cc(Br)c2OC(=O)c2ccccc2)n[nH]1. The van der Waals surface area contributed by atoms with Crippen LogP contribution in [-0.4, -0.2) is 28.3 Å². The van der Waals surface area contributed by atoms with Gasteiger partial charge in [0.1, 0.15) is 0 Å². The molecule has 0 unspecified atom stereocenters. The number of rotatable bonds is 5. The smallest absolute Gasteiger partial charge is 0.343 e. The molecular weight excluding hydrogens is 492 g/mol. The summed E-state index contributed by atoms with van der Waals surface area (Å²) in [6.45, 7) is 1.79. The van der Waals surface area contributed by atoms with Gasteiger partial charge in [-0.25, -0.2) is 10.2 Å². The highest BCUT2D eigenvalue weighted by Crippen LogP contribution is 2.32. The van der Waals surface area contributed by atoms with Crippen molar-refractivity contribution in [1.29, 1.82) is 0 Å². The Labute approximate surface area is 177 Å². The van der Waals surface area contributed by atoms with Gasteiger partial charge >= 0.3 is 5.97 Å². The highest BCUT2D eigenvalue weighted by molar-refractivity contribution is 9.11. The van der Waals surface area contributed by atoms with E-state index in [1.165, 1.54) is 6.21 Å². The summed E-state index contributed by atoms with van der Waals surface area (Å²) in [6.07, 6.45) is 1.39. The zero-order chi connectivity index (χ0) is 20.1. The second-order valence-corrected chi connectivity index (χ2v) is 7.47. The third-order valence-electron chi connectivity index (χ3n) is 3.55. The van der Waals surface area contributed by atoms with Crippen LogP contribution in [0.5, 0.6) is 5.75 Å². The number of nitrogens with one attached hydrogen (secondary N) is 2. The van der Waals surface area contributed by atoms with Crippen molar-refractivity contribution in [2.75, 3.05) is 0 Å². The van der Waals surface area contributed by atoms with Crippen LogP contribution in [0.2, 0.25) is 0 Å². The van der Waals surface area contributed by atoms with Crippen molar-refractivity contribution >= 4 is 50.0 Å². The van der Waals surface area contributed by atoms with Crippen molar-refractivity contribution in [3.63, 3.8) is 0 Å². The van der Waals surface area contributed by atoms with E-state index in [4.69, 9.17) is 4.74 Å². The highest BCUT2D eigenvalue weighted by atomic mass is 79.9. The number of carbonyl (C=O) groups is 2. The number of hydrogen-bond acceptors (Lipinski definition) is 5. The predicted molar refractivity (Wildman–Crippen MR) is 112 cm³/mol. The van der Waals surface area contributed by atoms with Crippen LogP contribution in [0.1, 0.15) is 32.1 Å². The Morgan fingerprint density at radius 1 is 1.18 bits per heavy atom. The van der Waals surface area contributed by atoms with E-state index in [9.17, 15) is 9.59 Å². The first-order valence-corrected chi connectivity index (χ1v) is 9.64. The van der Waals surface area contributed by atoms with Gasteiger partial charge in [0.05, 0.1) is 16.3 Å². The van der Waals surface area contributed by atoms with Crippen molar-refractivity contribution in [2.24, 2.45) is 5.10 Å². The molecule has 28 heavy (non-hydrogen) atoms. The Hall–Kier alpha value is -2.78. The van der Waals surface area contributed by atoms with Gasteiger partial charge in [0.15, 0.2) is 11.4 Å². The minimum atomic E-state index is -0.505. The quantitative estimate of drug-likeness (QED) is 0.235. The normalized spacial score (nSPS) is 10.8. The van der Waals surface area contributed by atoms with Gasteiger partial charge in [-0.2, -0.15) is 10.2 Å². The number of hydrazone groups is 1. The van der Waals surface area contributed by atoms with Crippen LogP contribution in [0.15, 0.2) is 62.6 Å². The summed E-state index contributed by atoms with van der Waals surface area (Å²) >= 11 is 6.77. The van der Waals surface area contributed by atoms with Gasteiger partial charge in [0.2, 0.25) is 0 Å². The van der Waals surface area contributed by atoms with Crippen LogP contribution in [0.25, 0.3) is 0 Å². The number of carbonyl (C=O) groups excluding carboxylic acids is 2. The van der Waals surface area contributed by atoms with Gasteiger partial charge in [-0.15, -0.1) is 0 Å². The minimum Gasteiger partial charge on any atom is -0.421 e. The summed E-state index contributed by atoms with van der Waals surface area (Å²) in [5.41, 5.74) is 4.28. The zero-order valence-electron chi connectivity index (χ0n) is 14.6. The van der Waals surface area contributed by atoms with Gasteiger partial charge in [-0.1, -0.05) is 34.1 Å². The third-order valence-corrected chi connectivity index (χ3v) is 4.60. The van der Waals surface area contributed by atoms with Crippen LogP contribution < -0.4 is 10.2 Å². The second-order valence-electron chi connectivity index (χ2n) is 5.70. The number of aromatic amines is 1. The van der Waals surface area contributed by atoms with E-state index in [1.807, 2.05) is 6.07 Å². The lowest BCUT2D eigenvalue weighted by molar-refractivity contribution is 0.0733. The molecule has 142 valence electrons. The van der Waals surface area contributed by atoms with Crippen molar-refractivity contribution in [3.05, 3.63) is 80.0 Å². The number of benzene rings is 2. The summed E-state index contributed by atoms with van der Waals surface area (Å²) in [6, 6.07) is 13.7. The lowest BCUT2D eigenvalue weighted by atomic mass is 10.2. The number of H-pyrrole nitrogens is 1. The average molecular weight is 506 g/mol. The summed E-state index contributed by atoms with van der Waals surface area (Å²) < 4.78 is 6.84. The maximum absolute atomic E-state index is 12.4. The lowest BCUT2D eigenvalue weighted by Gasteiger charge is -2.10. The number of aryl methyl sites for hydroxylation is 1. The molecule has 7 nitrogen and oxygen atoms in total. The number of esters is 1. The monoisotopic (exact) mass is 504 g/mol. The fraction of sp³-hybridized carbons (Fsp3) is 0.0526. The molecule has 2 aromatic carbocycles. The highest BCUT2D eigenvalue weighted by Gasteiger charge is 2.15. The molecule has 0 saturated carbocycles. The van der Waals surface area contributed by atoms with Crippen molar-refractivity contribution in [1.82, 2.24) is 15.6 Å². The topological polar surface area (TPSA) is 96.4 Å². The fourth-order valence-electron chi connectivity index (χ4n) is 2.26. The molecule has 0 aliphatic heterocycles. The van der Waals surface area contributed by atoms with Crippen molar-refractivity contribution in [3.8, 4) is 5.75 Å². The van der Waals surface area contributed by atoms with Gasteiger partial charge in [-0.3, -0.25) is 9.89 Å². The van der Waals surface area contributed by atoms with E-state index in [2.05, 4.69) is 52.6 Å². The summed E-state index contributed by atoms with van der Waals surface area (Å²) in [5, 5.41) is 10.5. The van der Waals surface area contributed by atoms with Crippen molar-refractivity contribution < 1.29 is 14.3 Å². The first kappa shape index (κ1) is 20.0. The second kappa shape index (κ2) is 8.94. The van der Waals surface area contributed by atoms with Gasteiger partial charge in [-0.05, 0) is 53.2 Å². The number of aromatic nitrogens is 2. The van der Waals surface area contributed by atoms with Crippen LogP contribution in [0, 0.1) is 6.92 Å². The molecule has 0 saturated heterocycles. The van der Waals surface area contributed by atoms with Gasteiger partial charge in [0, 0.05) is 15.7 Å². The Balaban J connectivity index is 1.80. The Kier molecular flexibility index (Phi) is 6.37. The van der Waals surface area contributed by atoms with Crippen LogP contribution >= 0.6 is 31.9 Å². The minimum absolute atomic E-state index is 0.223. The molecule has 0 aliphatic rings. The third kappa shape index (κ3) is 4.93. The van der Waals surface area contributed by atoms with E-state index in [0.717, 1.165) is 10.2 Å². The Bertz CT molecular complexity index is 1050. The van der Waals surface area contributed by atoms with Gasteiger partial charge in [0.25, 0.3) is 5.91 Å². The summed E-state index contributed by atoms with van der Waals surface area (Å²) in [5.74, 6) is -0.683. The van der Waals surface area contributed by atoms with E-state index in [0.29, 0.717) is 15.6 Å². The number of ether oxygens (including phenoxy) is 1. The molecule has 0 atom stereocenters. The standard InChI is InChI=1S/C19H14Br2N4O3/c1-11-7-16(24-23-11)18(26)25-22-10-13-8-14(20)9-15(21)17(13)28-19(27)12-5-3-2-4-6-12/h2-10H,1H3,(H,23,24)(H,25,26)/b22-10-. The fourth-order valence-corrected chi connectivity index (χ4v) is 3.60. The number of amides is 1. The lowest BCUT2D eigenvalue weighted by Crippen LogP contribution is -2.18. The predicted octanol–water partition coefficient (Wildman–Crippen LogP) is 4.23. The first-order valence-electron chi connectivity index (χ1n) is 8.05. The average Bonchev–Trinajstić information content (AvgIpc) is 3.11. The molecule has 9 heteroatoms. The van der Waals surface area contributed by atoms with E-state index < -0.39 is 11.9 Å². The molecule has 1 heterocycles. The molecule has 0 spiro atoms. The van der Waals surface area contributed by atoms with Crippen LogP contribution in [-0.2, 0) is 0 Å². The summed E-state index contributed by atoms with van der Waals surface area (Å²) in [7, 11) is 0. The molecule has 0 radical (unpaired) electrons. The largest absolute Gasteiger partial charge is 0.421 e. The molecule has 3 aromatic rings. The number of nitrogens with zero attached hydrogens (tertiary/aromatic N) is 2. The number of halogens is 2. The van der Waals surface area contributed by atoms with E-state index >= 15 is 0 Å². The summed E-state index contributed by atoms with van der Waals surface area (Å²) in [4.78, 5) is 24.4. The molecule has 3 rings (SSSR count). The van der Waals surface area contributed by atoms with Gasteiger partial charge < -0.3 is 4.74 Å². The van der Waals surface area contributed by atoms with Crippen molar-refractivity contribution in [2.45, 2.75) is 6.92 Å². The van der Waals surface area contributed by atoms with E-state index in [-0.39, 0.29) is 11.4 Å². The van der Waals surface area contributed by atoms with Crippen LogP contribution in [0.3, 0.4) is 0 Å².